The lowest BCUT2D eigenvalue weighted by molar-refractivity contribution is 0.110. The molecular formula is C21H27N3S. The molecule has 1 unspecified atom stereocenters. The normalized spacial score (nSPS) is 21.3. The summed E-state index contributed by atoms with van der Waals surface area (Å²) in [7, 11) is 6.49. The molecule has 1 atom stereocenters. The van der Waals surface area contributed by atoms with E-state index in [2.05, 4.69) is 78.3 Å². The molecule has 3 nitrogen and oxygen atoms in total. The number of benzene rings is 2. The van der Waals surface area contributed by atoms with Crippen molar-refractivity contribution in [1.29, 1.82) is 0 Å². The van der Waals surface area contributed by atoms with E-state index >= 15 is 0 Å². The van der Waals surface area contributed by atoms with Crippen LogP contribution in [0.2, 0.25) is 0 Å². The summed E-state index contributed by atoms with van der Waals surface area (Å²) in [5, 5.41) is 0. The van der Waals surface area contributed by atoms with Crippen LogP contribution in [-0.4, -0.2) is 57.1 Å². The Morgan fingerprint density at radius 2 is 1.72 bits per heavy atom. The molecule has 0 N–H and O–H groups in total. The quantitative estimate of drug-likeness (QED) is 0.813. The van der Waals surface area contributed by atoms with Crippen LogP contribution in [-0.2, 0) is 6.42 Å². The lowest BCUT2D eigenvalue weighted by Gasteiger charge is -2.38. The first-order valence-corrected chi connectivity index (χ1v) is 9.93. The standard InChI is InChI=1S/C21H27N3S/c1-22(2)17-8-9-21-18(15-17)19(24-12-10-23(3)11-13-24)14-16-6-4-5-7-20(16)25-21/h4-9,15,19H,10-14H2,1-3H3. The number of rotatable bonds is 2. The number of anilines is 1. The maximum atomic E-state index is 2.70. The molecule has 0 aromatic heterocycles. The number of hydrogen-bond acceptors (Lipinski definition) is 4. The van der Waals surface area contributed by atoms with Gasteiger partial charge in [-0.05, 0) is 48.9 Å². The van der Waals surface area contributed by atoms with Gasteiger partial charge in [0.2, 0.25) is 0 Å². The zero-order valence-electron chi connectivity index (χ0n) is 15.4. The van der Waals surface area contributed by atoms with E-state index in [1.54, 1.807) is 0 Å². The number of piperazine rings is 1. The minimum absolute atomic E-state index is 0.472. The van der Waals surface area contributed by atoms with Gasteiger partial charge in [0.15, 0.2) is 0 Å². The van der Waals surface area contributed by atoms with Crippen LogP contribution in [0, 0.1) is 0 Å². The highest BCUT2D eigenvalue weighted by atomic mass is 32.2. The van der Waals surface area contributed by atoms with Gasteiger partial charge in [0.05, 0.1) is 0 Å². The second kappa shape index (κ2) is 7.02. The van der Waals surface area contributed by atoms with Crippen LogP contribution in [0.4, 0.5) is 5.69 Å². The molecule has 0 radical (unpaired) electrons. The van der Waals surface area contributed by atoms with Gasteiger partial charge in [-0.2, -0.15) is 0 Å². The molecule has 4 heteroatoms. The van der Waals surface area contributed by atoms with Gasteiger partial charge in [0.1, 0.15) is 0 Å². The topological polar surface area (TPSA) is 9.72 Å². The predicted molar refractivity (Wildman–Crippen MR) is 107 cm³/mol. The van der Waals surface area contributed by atoms with Crippen LogP contribution < -0.4 is 4.90 Å². The first-order chi connectivity index (χ1) is 12.1. The third-order valence-electron chi connectivity index (χ3n) is 5.45. The van der Waals surface area contributed by atoms with Gasteiger partial charge in [0.25, 0.3) is 0 Å². The van der Waals surface area contributed by atoms with E-state index < -0.39 is 0 Å². The van der Waals surface area contributed by atoms with Crippen LogP contribution in [0.3, 0.4) is 0 Å². The average molecular weight is 354 g/mol. The third-order valence-corrected chi connectivity index (χ3v) is 6.66. The molecule has 25 heavy (non-hydrogen) atoms. The van der Waals surface area contributed by atoms with Gasteiger partial charge in [-0.25, -0.2) is 0 Å². The van der Waals surface area contributed by atoms with E-state index in [1.807, 2.05) is 11.8 Å². The molecule has 132 valence electrons. The van der Waals surface area contributed by atoms with E-state index in [-0.39, 0.29) is 0 Å². The molecule has 1 fully saturated rings. The molecule has 0 bridgehead atoms. The summed E-state index contributed by atoms with van der Waals surface area (Å²) in [5.41, 5.74) is 4.28. The van der Waals surface area contributed by atoms with Crippen LogP contribution >= 0.6 is 11.8 Å². The van der Waals surface area contributed by atoms with Crippen molar-refractivity contribution in [1.82, 2.24) is 9.80 Å². The fraction of sp³-hybridized carbons (Fsp3) is 0.429. The van der Waals surface area contributed by atoms with Crippen molar-refractivity contribution in [3.8, 4) is 0 Å². The van der Waals surface area contributed by atoms with Crippen molar-refractivity contribution >= 4 is 17.4 Å². The Balaban J connectivity index is 1.77. The lowest BCUT2D eigenvalue weighted by Crippen LogP contribution is -2.46. The van der Waals surface area contributed by atoms with Gasteiger partial charge < -0.3 is 9.80 Å². The summed E-state index contributed by atoms with van der Waals surface area (Å²) in [6.45, 7) is 4.63. The van der Waals surface area contributed by atoms with Crippen LogP contribution in [0.25, 0.3) is 0 Å². The zero-order valence-corrected chi connectivity index (χ0v) is 16.2. The Labute approximate surface area is 155 Å². The van der Waals surface area contributed by atoms with E-state index in [0.29, 0.717) is 6.04 Å². The highest BCUT2D eigenvalue weighted by molar-refractivity contribution is 7.99. The fourth-order valence-electron chi connectivity index (χ4n) is 3.84. The van der Waals surface area contributed by atoms with E-state index in [1.165, 1.54) is 26.6 Å². The molecule has 4 rings (SSSR count). The Hall–Kier alpha value is -1.49. The molecule has 2 heterocycles. The summed E-state index contributed by atoms with van der Waals surface area (Å²) >= 11 is 1.94. The summed E-state index contributed by atoms with van der Waals surface area (Å²) < 4.78 is 0. The SMILES string of the molecule is CN1CCN(C2Cc3ccccc3Sc3ccc(N(C)C)cc32)CC1. The van der Waals surface area contributed by atoms with Gasteiger partial charge in [-0.3, -0.25) is 4.90 Å². The van der Waals surface area contributed by atoms with Crippen molar-refractivity contribution in [2.45, 2.75) is 22.3 Å². The fourth-order valence-corrected chi connectivity index (χ4v) is 4.95. The minimum atomic E-state index is 0.472. The van der Waals surface area contributed by atoms with E-state index in [4.69, 9.17) is 0 Å². The maximum Gasteiger partial charge on any atom is 0.0401 e. The number of fused-ring (bicyclic) bond motifs is 2. The Kier molecular flexibility index (Phi) is 4.76. The van der Waals surface area contributed by atoms with Crippen LogP contribution in [0.5, 0.6) is 0 Å². The van der Waals surface area contributed by atoms with Crippen molar-refractivity contribution < 1.29 is 0 Å². The molecule has 2 aliphatic heterocycles. The monoisotopic (exact) mass is 353 g/mol. The van der Waals surface area contributed by atoms with Crippen molar-refractivity contribution in [3.05, 3.63) is 53.6 Å². The molecule has 0 saturated carbocycles. The Morgan fingerprint density at radius 3 is 2.48 bits per heavy atom. The van der Waals surface area contributed by atoms with Crippen molar-refractivity contribution in [2.24, 2.45) is 0 Å². The average Bonchev–Trinajstić information content (AvgIpc) is 2.78. The Bertz CT molecular complexity index is 751. The first-order valence-electron chi connectivity index (χ1n) is 9.11. The smallest absolute Gasteiger partial charge is 0.0401 e. The molecule has 2 aromatic carbocycles. The van der Waals surface area contributed by atoms with E-state index in [0.717, 1.165) is 32.6 Å². The minimum Gasteiger partial charge on any atom is -0.378 e. The summed E-state index contributed by atoms with van der Waals surface area (Å²) in [6.07, 6.45) is 1.11. The van der Waals surface area contributed by atoms with E-state index in [9.17, 15) is 0 Å². The molecule has 0 spiro atoms. The maximum absolute atomic E-state index is 2.70. The largest absolute Gasteiger partial charge is 0.378 e. The number of nitrogens with zero attached hydrogens (tertiary/aromatic N) is 3. The second-order valence-electron chi connectivity index (χ2n) is 7.39. The van der Waals surface area contributed by atoms with Crippen LogP contribution in [0.15, 0.2) is 52.3 Å². The van der Waals surface area contributed by atoms with Gasteiger partial charge in [0, 0.05) is 61.8 Å². The van der Waals surface area contributed by atoms with Crippen molar-refractivity contribution in [3.63, 3.8) is 0 Å². The molecule has 1 saturated heterocycles. The first kappa shape index (κ1) is 17.0. The third kappa shape index (κ3) is 3.43. The molecule has 2 aliphatic rings. The lowest BCUT2D eigenvalue weighted by atomic mass is 9.96. The summed E-state index contributed by atoms with van der Waals surface area (Å²) in [5.74, 6) is 0. The Morgan fingerprint density at radius 1 is 0.960 bits per heavy atom. The molecule has 2 aromatic rings. The van der Waals surface area contributed by atoms with Gasteiger partial charge in [-0.15, -0.1) is 0 Å². The number of hydrogen-bond donors (Lipinski definition) is 0. The predicted octanol–water partition coefficient (Wildman–Crippen LogP) is 3.75. The van der Waals surface area contributed by atoms with Crippen molar-refractivity contribution in [2.75, 3.05) is 52.2 Å². The van der Waals surface area contributed by atoms with Crippen LogP contribution in [0.1, 0.15) is 17.2 Å². The highest BCUT2D eigenvalue weighted by Gasteiger charge is 2.29. The van der Waals surface area contributed by atoms with Gasteiger partial charge in [-0.1, -0.05) is 30.0 Å². The van der Waals surface area contributed by atoms with Gasteiger partial charge >= 0.3 is 0 Å². The molecule has 0 amide bonds. The zero-order chi connectivity index (χ0) is 17.4. The second-order valence-corrected chi connectivity index (χ2v) is 8.47. The number of likely N-dealkylation sites (N-methyl/N-ethyl adjacent to an activating group) is 1. The summed E-state index contributed by atoms with van der Waals surface area (Å²) in [6, 6.07) is 16.4. The highest BCUT2D eigenvalue weighted by Crippen LogP contribution is 2.44. The molecule has 0 aliphatic carbocycles. The molecular weight excluding hydrogens is 326 g/mol. The summed E-state index contributed by atoms with van der Waals surface area (Å²) in [4.78, 5) is 10.2.